The van der Waals surface area contributed by atoms with Crippen molar-refractivity contribution in [2.24, 2.45) is 0 Å². The monoisotopic (exact) mass is 881 g/mol. The summed E-state index contributed by atoms with van der Waals surface area (Å²) in [5, 5.41) is -2.13. The summed E-state index contributed by atoms with van der Waals surface area (Å²) in [6.07, 6.45) is 4.87. The maximum absolute atomic E-state index is 12.8. The molecule has 10 nitrogen and oxygen atoms in total. The van der Waals surface area contributed by atoms with Crippen LogP contribution in [0.4, 0.5) is 5.69 Å². The van der Waals surface area contributed by atoms with Gasteiger partial charge in [-0.1, -0.05) is 140 Å². The van der Waals surface area contributed by atoms with Crippen molar-refractivity contribution in [2.45, 2.75) is 56.1 Å². The second-order valence-corrected chi connectivity index (χ2v) is 19.1. The number of rotatable bonds is 17. The van der Waals surface area contributed by atoms with E-state index in [0.29, 0.717) is 29.5 Å². The Balaban J connectivity index is 1.18. The van der Waals surface area contributed by atoms with E-state index in [9.17, 15) is 25.9 Å². The highest BCUT2D eigenvalue weighted by atomic mass is 32.2. The smallest absolute Gasteiger partial charge is 0.374 e. The molecule has 1 aliphatic heterocycles. The van der Waals surface area contributed by atoms with Crippen LogP contribution >= 0.6 is 0 Å². The van der Waals surface area contributed by atoms with Crippen molar-refractivity contribution in [3.63, 3.8) is 0 Å². The van der Waals surface area contributed by atoms with E-state index in [1.54, 1.807) is 0 Å². The molecular formula is C51H49N2O8S2+. The van der Waals surface area contributed by atoms with Crippen molar-refractivity contribution < 1.29 is 39.7 Å². The fourth-order valence-corrected chi connectivity index (χ4v) is 9.69. The summed E-state index contributed by atoms with van der Waals surface area (Å²) in [6, 6.07) is 50.2. The molecule has 63 heavy (non-hydrogen) atoms. The van der Waals surface area contributed by atoms with Gasteiger partial charge in [-0.05, 0) is 82.8 Å². The van der Waals surface area contributed by atoms with Crippen LogP contribution in [0.15, 0.2) is 180 Å². The highest BCUT2D eigenvalue weighted by molar-refractivity contribution is 7.86. The predicted octanol–water partition coefficient (Wildman–Crippen LogP) is 10.4. The lowest BCUT2D eigenvalue weighted by atomic mass is 10.0. The lowest BCUT2D eigenvalue weighted by Crippen LogP contribution is -2.39. The lowest BCUT2D eigenvalue weighted by Gasteiger charge is -2.22. The van der Waals surface area contributed by atoms with Crippen LogP contribution in [-0.2, 0) is 39.6 Å². The lowest BCUT2D eigenvalue weighted by molar-refractivity contribution is -0.678. The maximum atomic E-state index is 12.8. The van der Waals surface area contributed by atoms with Crippen molar-refractivity contribution in [3.05, 3.63) is 192 Å². The minimum Gasteiger partial charge on any atom is -0.439 e. The number of fused-ring (bicyclic) bond motifs is 2. The average molecular weight is 882 g/mol. The molecule has 12 heteroatoms. The van der Waals surface area contributed by atoms with Gasteiger partial charge in [-0.15, -0.1) is 0 Å². The summed E-state index contributed by atoms with van der Waals surface area (Å²) in [7, 11) is -8.83. The number of oxazole rings is 1. The molecule has 6 aromatic carbocycles. The van der Waals surface area contributed by atoms with Gasteiger partial charge in [-0.25, -0.2) is 0 Å². The molecule has 0 spiro atoms. The Bertz CT molecular complexity index is 2970. The zero-order chi connectivity index (χ0) is 44.0. The zero-order valence-electron chi connectivity index (χ0n) is 34.8. The highest BCUT2D eigenvalue weighted by Crippen LogP contribution is 2.42. The number of hydrogen-bond acceptors (Lipinski definition) is 7. The fourth-order valence-electron chi connectivity index (χ4n) is 8.07. The molecule has 2 atom stereocenters. The van der Waals surface area contributed by atoms with Crippen LogP contribution in [0.25, 0.3) is 39.4 Å². The van der Waals surface area contributed by atoms with Gasteiger partial charge < -0.3 is 14.1 Å². The fraction of sp³-hybridized carbons (Fsp3) is 0.196. The molecule has 1 aromatic heterocycles. The third-order valence-electron chi connectivity index (χ3n) is 11.5. The number of allylic oxidation sites excluding steroid dienone is 2. The van der Waals surface area contributed by atoms with Crippen molar-refractivity contribution >= 4 is 43.1 Å². The van der Waals surface area contributed by atoms with Gasteiger partial charge >= 0.3 is 5.89 Å². The quantitative estimate of drug-likeness (QED) is 0.0676. The van der Waals surface area contributed by atoms with E-state index in [4.69, 9.17) is 9.15 Å². The Hall–Kier alpha value is -6.31. The molecule has 2 unspecified atom stereocenters. The Morgan fingerprint density at radius 3 is 1.73 bits per heavy atom. The minimum atomic E-state index is -4.41. The van der Waals surface area contributed by atoms with Crippen LogP contribution in [0.5, 0.6) is 5.75 Å². The molecule has 0 fully saturated rings. The van der Waals surface area contributed by atoms with Gasteiger partial charge in [-0.3, -0.25) is 9.11 Å². The number of anilines is 1. The zero-order valence-corrected chi connectivity index (χ0v) is 36.5. The normalized spacial score (nSPS) is 14.7. The van der Waals surface area contributed by atoms with Gasteiger partial charge in [0.1, 0.15) is 0 Å². The number of ether oxygens (including phenoxy) is 1. The van der Waals surface area contributed by atoms with E-state index in [1.807, 2.05) is 186 Å². The van der Waals surface area contributed by atoms with Crippen LogP contribution in [0, 0.1) is 0 Å². The maximum Gasteiger partial charge on any atom is 0.374 e. The molecule has 0 saturated heterocycles. The molecule has 0 radical (unpaired) electrons. The SMILES string of the molecule is CCC(=Cc1oc2ccc(-c3ccccc3)cc2[n+]1CCC(Cc1ccccc1)S(=O)(=O)O)C=C1Oc2ccc(-c3ccccc3)cc2N1CCC(Cc1ccccc1)S(=O)(=O)O. The summed E-state index contributed by atoms with van der Waals surface area (Å²) in [5.41, 5.74) is 8.47. The van der Waals surface area contributed by atoms with Crippen LogP contribution in [-0.4, -0.2) is 43.0 Å². The molecule has 7 aromatic rings. The summed E-state index contributed by atoms with van der Waals surface area (Å²) in [6.45, 7) is 2.44. The number of nitrogens with zero attached hydrogens (tertiary/aromatic N) is 2. The van der Waals surface area contributed by atoms with Gasteiger partial charge in [0.15, 0.2) is 12.3 Å². The molecule has 2 N–H and O–H groups in total. The standard InChI is InChI=1S/C51H48N2O8S2/c1-2-37(33-50-52(29-27-44(62(54,55)56)31-38-15-7-3-8-16-38)46-35-42(23-25-48(46)60-50)40-19-11-5-12-20-40)34-51-53(30-28-45(63(57,58)59)32-39-17-9-4-10-18-39)47-36-43(24-26-49(47)61-51)41-21-13-6-14-22-41/h3-26,33-36,44-45H,2,27-32H2,1H3,(H-,54,55,56,57,58,59)/p+1. The van der Waals surface area contributed by atoms with Crippen LogP contribution < -0.4 is 14.2 Å². The topological polar surface area (TPSA) is 138 Å². The molecule has 2 heterocycles. The Morgan fingerprint density at radius 1 is 0.651 bits per heavy atom. The molecule has 0 amide bonds. The molecular weight excluding hydrogens is 833 g/mol. The molecule has 322 valence electrons. The van der Waals surface area contributed by atoms with Gasteiger partial charge in [0.2, 0.25) is 11.5 Å². The van der Waals surface area contributed by atoms with Crippen LogP contribution in [0.3, 0.4) is 0 Å². The van der Waals surface area contributed by atoms with Crippen LogP contribution in [0.1, 0.15) is 43.2 Å². The van der Waals surface area contributed by atoms with Gasteiger partial charge in [-0.2, -0.15) is 21.4 Å². The molecule has 0 aliphatic carbocycles. The summed E-state index contributed by atoms with van der Waals surface area (Å²) in [5.74, 6) is 1.55. The third-order valence-corrected chi connectivity index (χ3v) is 14.0. The first-order chi connectivity index (χ1) is 30.4. The molecule has 0 bridgehead atoms. The highest BCUT2D eigenvalue weighted by Gasteiger charge is 2.32. The number of hydrogen-bond donors (Lipinski definition) is 2. The molecule has 1 aliphatic rings. The van der Waals surface area contributed by atoms with Crippen molar-refractivity contribution in [3.8, 4) is 28.0 Å². The largest absolute Gasteiger partial charge is 0.439 e. The summed E-state index contributed by atoms with van der Waals surface area (Å²) < 4.78 is 87.1. The van der Waals surface area contributed by atoms with Crippen molar-refractivity contribution in [2.75, 3.05) is 11.4 Å². The summed E-state index contributed by atoms with van der Waals surface area (Å²) >= 11 is 0. The minimum absolute atomic E-state index is 0.111. The summed E-state index contributed by atoms with van der Waals surface area (Å²) in [4.78, 5) is 1.95. The van der Waals surface area contributed by atoms with E-state index >= 15 is 0 Å². The number of aromatic nitrogens is 1. The first-order valence-corrected chi connectivity index (χ1v) is 24.0. The van der Waals surface area contributed by atoms with E-state index in [1.165, 1.54) is 0 Å². The first kappa shape index (κ1) is 43.3. The second kappa shape index (κ2) is 19.0. The Morgan fingerprint density at radius 2 is 1.17 bits per heavy atom. The van der Waals surface area contributed by atoms with Crippen LogP contribution in [0.2, 0.25) is 0 Å². The first-order valence-electron chi connectivity index (χ1n) is 21.0. The van der Waals surface area contributed by atoms with E-state index in [2.05, 4.69) is 0 Å². The van der Waals surface area contributed by atoms with Gasteiger partial charge in [0, 0.05) is 25.1 Å². The van der Waals surface area contributed by atoms with Gasteiger partial charge in [0.25, 0.3) is 25.8 Å². The van der Waals surface area contributed by atoms with E-state index in [-0.39, 0.29) is 38.8 Å². The van der Waals surface area contributed by atoms with Gasteiger partial charge in [0.05, 0.1) is 22.3 Å². The Kier molecular flexibility index (Phi) is 13.1. The third kappa shape index (κ3) is 10.5. The van der Waals surface area contributed by atoms with E-state index in [0.717, 1.165) is 50.2 Å². The Labute approximate surface area is 368 Å². The average Bonchev–Trinajstić information content (AvgIpc) is 3.82. The predicted molar refractivity (Wildman–Crippen MR) is 248 cm³/mol. The second-order valence-electron chi connectivity index (χ2n) is 15.7. The molecule has 0 saturated carbocycles. The van der Waals surface area contributed by atoms with Crippen molar-refractivity contribution in [1.29, 1.82) is 0 Å². The number of benzene rings is 6. The number of aryl methyl sites for hydroxylation is 1. The van der Waals surface area contributed by atoms with E-state index < -0.39 is 30.7 Å². The molecule has 8 rings (SSSR count). The van der Waals surface area contributed by atoms with Crippen molar-refractivity contribution in [1.82, 2.24) is 0 Å².